The summed E-state index contributed by atoms with van der Waals surface area (Å²) in [6.45, 7) is 0. The van der Waals surface area contributed by atoms with Crippen LogP contribution in [-0.4, -0.2) is 29.4 Å². The van der Waals surface area contributed by atoms with Crippen LogP contribution in [0.4, 0.5) is 23.2 Å². The van der Waals surface area contributed by atoms with Crippen molar-refractivity contribution < 1.29 is 30.8 Å². The molecule has 1 N–H and O–H groups in total. The number of sulfone groups is 1. The monoisotopic (exact) mass is 413 g/mol. The fraction of sp³-hybridized carbons (Fsp3) is 0.0588. The number of hydrogen-bond acceptors (Lipinski definition) is 4. The molecule has 11 heteroatoms. The third-order valence-corrected chi connectivity index (χ3v) is 5.12. The van der Waals surface area contributed by atoms with E-state index < -0.39 is 37.7 Å². The molecule has 0 fully saturated rings. The number of hydrogen-bond donors (Lipinski definition) is 1. The van der Waals surface area contributed by atoms with Gasteiger partial charge in [-0.3, -0.25) is 4.79 Å². The Morgan fingerprint density at radius 1 is 1.07 bits per heavy atom. The zero-order valence-corrected chi connectivity index (χ0v) is 14.6. The number of anilines is 1. The molecule has 0 radical (unpaired) electrons. The van der Waals surface area contributed by atoms with E-state index in [0.29, 0.717) is 5.69 Å². The molecular weight excluding hydrogens is 402 g/mol. The van der Waals surface area contributed by atoms with Crippen LogP contribution >= 0.6 is 0 Å². The molecule has 28 heavy (non-hydrogen) atoms. The standard InChI is InChI=1S/C17H11F4N3O3S/c18-13-6-5-11(24-8-1-2-9-24)10-14(13)23-15(25)12-4-3-7-22-16(12)28(26,27)17(19,20)21/h1-10H,(H,23,25). The smallest absolute Gasteiger partial charge is 0.324 e. The number of pyridine rings is 1. The van der Waals surface area contributed by atoms with Gasteiger partial charge in [-0.05, 0) is 42.5 Å². The molecule has 0 aliphatic heterocycles. The van der Waals surface area contributed by atoms with Crippen molar-refractivity contribution in [3.63, 3.8) is 0 Å². The topological polar surface area (TPSA) is 81.1 Å². The van der Waals surface area contributed by atoms with Crippen LogP contribution in [0, 0.1) is 5.82 Å². The van der Waals surface area contributed by atoms with Crippen LogP contribution in [0.1, 0.15) is 10.4 Å². The van der Waals surface area contributed by atoms with E-state index in [9.17, 15) is 30.8 Å². The first-order chi connectivity index (χ1) is 13.1. The summed E-state index contributed by atoms with van der Waals surface area (Å²) in [5.74, 6) is -2.10. The van der Waals surface area contributed by atoms with Crippen molar-refractivity contribution in [3.8, 4) is 5.69 Å². The Kier molecular flexibility index (Phi) is 4.94. The first kappa shape index (κ1) is 19.5. The van der Waals surface area contributed by atoms with E-state index in [1.54, 1.807) is 29.1 Å². The molecule has 0 saturated heterocycles. The lowest BCUT2D eigenvalue weighted by Gasteiger charge is -2.13. The molecule has 0 bridgehead atoms. The number of nitrogens with zero attached hydrogens (tertiary/aromatic N) is 2. The molecule has 0 unspecified atom stereocenters. The largest absolute Gasteiger partial charge is 0.503 e. The lowest BCUT2D eigenvalue weighted by Crippen LogP contribution is -2.27. The fourth-order valence-corrected chi connectivity index (χ4v) is 3.22. The minimum absolute atomic E-state index is 0.338. The fourth-order valence-electron chi connectivity index (χ4n) is 2.35. The number of alkyl halides is 3. The van der Waals surface area contributed by atoms with Crippen molar-refractivity contribution in [1.29, 1.82) is 0 Å². The lowest BCUT2D eigenvalue weighted by molar-refractivity contribution is -0.0438. The maximum Gasteiger partial charge on any atom is 0.503 e. The van der Waals surface area contributed by atoms with Crippen LogP contribution in [0.5, 0.6) is 0 Å². The Morgan fingerprint density at radius 3 is 2.39 bits per heavy atom. The zero-order chi connectivity index (χ0) is 20.5. The molecule has 0 saturated carbocycles. The van der Waals surface area contributed by atoms with Gasteiger partial charge in [-0.1, -0.05) is 0 Å². The minimum atomic E-state index is -5.87. The Balaban J connectivity index is 1.99. The van der Waals surface area contributed by atoms with Crippen LogP contribution < -0.4 is 5.32 Å². The first-order valence-electron chi connectivity index (χ1n) is 7.62. The summed E-state index contributed by atoms with van der Waals surface area (Å²) >= 11 is 0. The van der Waals surface area contributed by atoms with Gasteiger partial charge in [0.25, 0.3) is 15.7 Å². The molecule has 146 valence electrons. The summed E-state index contributed by atoms with van der Waals surface area (Å²) in [7, 11) is -5.87. The van der Waals surface area contributed by atoms with Crippen LogP contribution in [-0.2, 0) is 9.84 Å². The Labute approximate surface area is 156 Å². The number of amides is 1. The number of halogens is 4. The number of rotatable bonds is 4. The number of carbonyl (C=O) groups is 1. The van der Waals surface area contributed by atoms with Gasteiger partial charge >= 0.3 is 5.51 Å². The maximum atomic E-state index is 14.1. The highest BCUT2D eigenvalue weighted by molar-refractivity contribution is 7.92. The molecule has 2 aromatic heterocycles. The molecule has 0 atom stereocenters. The molecule has 0 aliphatic rings. The van der Waals surface area contributed by atoms with Gasteiger partial charge in [0.05, 0.1) is 11.3 Å². The SMILES string of the molecule is O=C(Nc1cc(-n2cccc2)ccc1F)c1cccnc1S(=O)(=O)C(F)(F)F. The Bertz CT molecular complexity index is 1130. The lowest BCUT2D eigenvalue weighted by atomic mass is 10.2. The van der Waals surface area contributed by atoms with Crippen molar-refractivity contribution in [1.82, 2.24) is 9.55 Å². The highest BCUT2D eigenvalue weighted by atomic mass is 32.2. The second-order valence-electron chi connectivity index (χ2n) is 5.51. The molecular formula is C17H11F4N3O3S. The highest BCUT2D eigenvalue weighted by Gasteiger charge is 2.49. The van der Waals surface area contributed by atoms with Crippen molar-refractivity contribution in [2.75, 3.05) is 5.32 Å². The number of nitrogens with one attached hydrogen (secondary N) is 1. The van der Waals surface area contributed by atoms with E-state index >= 15 is 0 Å². The van der Waals surface area contributed by atoms with E-state index in [1.807, 2.05) is 0 Å². The quantitative estimate of drug-likeness (QED) is 0.664. The molecule has 1 aromatic carbocycles. The van der Waals surface area contributed by atoms with Crippen molar-refractivity contribution >= 4 is 21.4 Å². The van der Waals surface area contributed by atoms with Crippen LogP contribution in [0.3, 0.4) is 0 Å². The van der Waals surface area contributed by atoms with Gasteiger partial charge in [0, 0.05) is 24.3 Å². The molecule has 6 nitrogen and oxygen atoms in total. The van der Waals surface area contributed by atoms with E-state index in [0.717, 1.165) is 24.4 Å². The average Bonchev–Trinajstić information content (AvgIpc) is 3.17. The third kappa shape index (κ3) is 3.60. The summed E-state index contributed by atoms with van der Waals surface area (Å²) in [5.41, 5.74) is -6.37. The Morgan fingerprint density at radius 2 is 1.75 bits per heavy atom. The third-order valence-electron chi connectivity index (χ3n) is 3.68. The van der Waals surface area contributed by atoms with Gasteiger partial charge in [-0.15, -0.1) is 0 Å². The molecule has 0 spiro atoms. The van der Waals surface area contributed by atoms with Gasteiger partial charge in [0.2, 0.25) is 0 Å². The minimum Gasteiger partial charge on any atom is -0.324 e. The van der Waals surface area contributed by atoms with Crippen LogP contribution in [0.2, 0.25) is 0 Å². The highest BCUT2D eigenvalue weighted by Crippen LogP contribution is 2.31. The number of aromatic nitrogens is 2. The van der Waals surface area contributed by atoms with Crippen LogP contribution in [0.25, 0.3) is 5.69 Å². The van der Waals surface area contributed by atoms with Crippen molar-refractivity contribution in [2.24, 2.45) is 0 Å². The summed E-state index contributed by atoms with van der Waals surface area (Å²) in [6.07, 6.45) is 4.13. The molecule has 1 amide bonds. The molecule has 3 aromatic rings. The van der Waals surface area contributed by atoms with E-state index in [1.165, 1.54) is 12.1 Å². The van der Waals surface area contributed by atoms with Crippen LogP contribution in [0.15, 0.2) is 66.1 Å². The first-order valence-corrected chi connectivity index (χ1v) is 9.10. The summed E-state index contributed by atoms with van der Waals surface area (Å²) < 4.78 is 77.5. The summed E-state index contributed by atoms with van der Waals surface area (Å²) in [5, 5.41) is 0.637. The van der Waals surface area contributed by atoms with E-state index in [2.05, 4.69) is 10.3 Å². The predicted molar refractivity (Wildman–Crippen MR) is 91.2 cm³/mol. The normalized spacial score (nSPS) is 12.0. The summed E-state index contributed by atoms with van der Waals surface area (Å²) in [6, 6.07) is 9.11. The predicted octanol–water partition coefficient (Wildman–Crippen LogP) is 3.56. The Hall–Kier alpha value is -3.21. The number of benzene rings is 1. The van der Waals surface area contributed by atoms with E-state index in [-0.39, 0.29) is 5.69 Å². The van der Waals surface area contributed by atoms with Gasteiger partial charge in [0.1, 0.15) is 5.82 Å². The van der Waals surface area contributed by atoms with Gasteiger partial charge < -0.3 is 9.88 Å². The maximum absolute atomic E-state index is 14.1. The van der Waals surface area contributed by atoms with Gasteiger partial charge in [-0.25, -0.2) is 17.8 Å². The number of carbonyl (C=O) groups excluding carboxylic acids is 1. The van der Waals surface area contributed by atoms with Gasteiger partial charge in [-0.2, -0.15) is 13.2 Å². The second kappa shape index (κ2) is 7.08. The van der Waals surface area contributed by atoms with Gasteiger partial charge in [0.15, 0.2) is 5.03 Å². The van der Waals surface area contributed by atoms with Crippen molar-refractivity contribution in [2.45, 2.75) is 10.5 Å². The zero-order valence-electron chi connectivity index (χ0n) is 13.8. The van der Waals surface area contributed by atoms with Crippen molar-refractivity contribution in [3.05, 3.63) is 72.4 Å². The average molecular weight is 413 g/mol. The molecule has 3 rings (SSSR count). The molecule has 2 heterocycles. The second-order valence-corrected chi connectivity index (χ2v) is 7.37. The molecule has 0 aliphatic carbocycles. The summed E-state index contributed by atoms with van der Waals surface area (Å²) in [4.78, 5) is 15.6. The van der Waals surface area contributed by atoms with E-state index in [4.69, 9.17) is 0 Å².